The van der Waals surface area contributed by atoms with E-state index in [1.165, 1.54) is 38.5 Å². The van der Waals surface area contributed by atoms with Crippen LogP contribution in [0, 0.1) is 5.92 Å². The van der Waals surface area contributed by atoms with Crippen molar-refractivity contribution < 1.29 is 9.47 Å². The molecule has 0 aliphatic heterocycles. The van der Waals surface area contributed by atoms with E-state index < -0.39 is 0 Å². The lowest BCUT2D eigenvalue weighted by molar-refractivity contribution is -0.119. The highest BCUT2D eigenvalue weighted by Gasteiger charge is 2.16. The van der Waals surface area contributed by atoms with Crippen molar-refractivity contribution in [3.8, 4) is 0 Å². The molecule has 0 amide bonds. The zero-order valence-corrected chi connectivity index (χ0v) is 11.0. The molecule has 0 bridgehead atoms. The van der Waals surface area contributed by atoms with Gasteiger partial charge in [-0.3, -0.25) is 0 Å². The van der Waals surface area contributed by atoms with E-state index in [0.29, 0.717) is 0 Å². The molecule has 0 aromatic rings. The third kappa shape index (κ3) is 4.81. The van der Waals surface area contributed by atoms with Gasteiger partial charge in [0.15, 0.2) is 6.29 Å². The Morgan fingerprint density at radius 1 is 1.12 bits per heavy atom. The molecule has 1 N–H and O–H groups in total. The Hall–Kier alpha value is -0.120. The summed E-state index contributed by atoms with van der Waals surface area (Å²) in [6, 6.07) is 0.263. The van der Waals surface area contributed by atoms with E-state index >= 15 is 0 Å². The fourth-order valence-corrected chi connectivity index (χ4v) is 2.59. The third-order valence-electron chi connectivity index (χ3n) is 3.62. The Kier molecular flexibility index (Phi) is 7.01. The highest BCUT2D eigenvalue weighted by atomic mass is 16.7. The maximum atomic E-state index is 5.22. The van der Waals surface area contributed by atoms with Crippen molar-refractivity contribution in [1.82, 2.24) is 5.32 Å². The van der Waals surface area contributed by atoms with Crippen LogP contribution in [0.3, 0.4) is 0 Å². The lowest BCUT2D eigenvalue weighted by atomic mass is 9.87. The summed E-state index contributed by atoms with van der Waals surface area (Å²) in [5, 5.41) is 3.48. The quantitative estimate of drug-likeness (QED) is 0.681. The maximum absolute atomic E-state index is 5.22. The van der Waals surface area contributed by atoms with Crippen molar-refractivity contribution in [2.45, 2.75) is 57.8 Å². The minimum Gasteiger partial charge on any atom is -0.354 e. The van der Waals surface area contributed by atoms with Crippen molar-refractivity contribution in [2.75, 3.05) is 20.8 Å². The van der Waals surface area contributed by atoms with Gasteiger partial charge in [-0.1, -0.05) is 32.1 Å². The molecule has 0 aromatic heterocycles. The average Bonchev–Trinajstić information content (AvgIpc) is 2.32. The van der Waals surface area contributed by atoms with Crippen LogP contribution in [0.1, 0.15) is 45.4 Å². The van der Waals surface area contributed by atoms with Gasteiger partial charge in [0, 0.05) is 14.2 Å². The van der Waals surface area contributed by atoms with Crippen molar-refractivity contribution in [2.24, 2.45) is 5.92 Å². The molecule has 96 valence electrons. The number of methoxy groups -OCH3 is 2. The Balaban J connectivity index is 2.09. The van der Waals surface area contributed by atoms with Crippen LogP contribution < -0.4 is 5.32 Å². The summed E-state index contributed by atoms with van der Waals surface area (Å²) in [6.07, 6.45) is 8.31. The van der Waals surface area contributed by atoms with Crippen molar-refractivity contribution in [3.63, 3.8) is 0 Å². The fraction of sp³-hybridized carbons (Fsp3) is 1.00. The normalized spacial score (nSPS) is 20.2. The first-order valence-corrected chi connectivity index (χ1v) is 6.57. The fourth-order valence-electron chi connectivity index (χ4n) is 2.59. The predicted molar refractivity (Wildman–Crippen MR) is 66.5 cm³/mol. The van der Waals surface area contributed by atoms with Crippen LogP contribution in [0.5, 0.6) is 0 Å². The summed E-state index contributed by atoms with van der Waals surface area (Å²) < 4.78 is 10.4. The van der Waals surface area contributed by atoms with Gasteiger partial charge in [-0.2, -0.15) is 0 Å². The molecule has 0 saturated heterocycles. The maximum Gasteiger partial charge on any atom is 0.171 e. The molecule has 0 aromatic carbocycles. The van der Waals surface area contributed by atoms with Gasteiger partial charge in [-0.15, -0.1) is 0 Å². The zero-order valence-electron chi connectivity index (χ0n) is 11.0. The van der Waals surface area contributed by atoms with E-state index in [-0.39, 0.29) is 12.3 Å². The van der Waals surface area contributed by atoms with Crippen LogP contribution in [0.2, 0.25) is 0 Å². The van der Waals surface area contributed by atoms with E-state index in [9.17, 15) is 0 Å². The smallest absolute Gasteiger partial charge is 0.171 e. The first kappa shape index (κ1) is 13.9. The number of hydrogen-bond acceptors (Lipinski definition) is 3. The van der Waals surface area contributed by atoms with E-state index in [1.54, 1.807) is 14.2 Å². The molecule has 1 aliphatic carbocycles. The van der Waals surface area contributed by atoms with Crippen molar-refractivity contribution in [3.05, 3.63) is 0 Å². The molecule has 0 radical (unpaired) electrons. The topological polar surface area (TPSA) is 30.5 Å². The minimum absolute atomic E-state index is 0.133. The van der Waals surface area contributed by atoms with Gasteiger partial charge in [-0.05, 0) is 25.8 Å². The summed E-state index contributed by atoms with van der Waals surface area (Å²) in [7, 11) is 3.38. The SMILES string of the molecule is COC(OC)C(C)NCCC1CCCCC1. The van der Waals surface area contributed by atoms with Gasteiger partial charge >= 0.3 is 0 Å². The van der Waals surface area contributed by atoms with Crippen LogP contribution in [-0.4, -0.2) is 33.1 Å². The molecule has 1 aliphatic rings. The first-order chi connectivity index (χ1) is 7.77. The molecule has 1 saturated carbocycles. The van der Waals surface area contributed by atoms with Crippen molar-refractivity contribution >= 4 is 0 Å². The lowest BCUT2D eigenvalue weighted by Gasteiger charge is -2.25. The molecule has 0 spiro atoms. The molecular weight excluding hydrogens is 202 g/mol. The molecule has 16 heavy (non-hydrogen) atoms. The molecule has 1 rings (SSSR count). The summed E-state index contributed by atoms with van der Waals surface area (Å²) in [5.41, 5.74) is 0. The van der Waals surface area contributed by atoms with Gasteiger partial charge in [-0.25, -0.2) is 0 Å². The highest BCUT2D eigenvalue weighted by molar-refractivity contribution is 4.69. The van der Waals surface area contributed by atoms with Gasteiger partial charge in [0.2, 0.25) is 0 Å². The monoisotopic (exact) mass is 229 g/mol. The first-order valence-electron chi connectivity index (χ1n) is 6.57. The highest BCUT2D eigenvalue weighted by Crippen LogP contribution is 2.25. The summed E-state index contributed by atoms with van der Waals surface area (Å²) in [6.45, 7) is 3.19. The second-order valence-electron chi connectivity index (χ2n) is 4.88. The second kappa shape index (κ2) is 8.04. The van der Waals surface area contributed by atoms with Crippen LogP contribution in [0.25, 0.3) is 0 Å². The van der Waals surface area contributed by atoms with Crippen LogP contribution in [0.4, 0.5) is 0 Å². The Morgan fingerprint density at radius 2 is 1.75 bits per heavy atom. The van der Waals surface area contributed by atoms with E-state index in [1.807, 2.05) is 0 Å². The third-order valence-corrected chi connectivity index (χ3v) is 3.62. The van der Waals surface area contributed by atoms with Gasteiger partial charge < -0.3 is 14.8 Å². The standard InChI is InChI=1S/C13H27NO2/c1-11(13(15-2)16-3)14-10-9-12-7-5-4-6-8-12/h11-14H,4-10H2,1-3H3. The van der Waals surface area contributed by atoms with Crippen molar-refractivity contribution in [1.29, 1.82) is 0 Å². The average molecular weight is 229 g/mol. The molecule has 1 atom stereocenters. The van der Waals surface area contributed by atoms with E-state index in [4.69, 9.17) is 9.47 Å². The largest absolute Gasteiger partial charge is 0.354 e. The minimum atomic E-state index is -0.133. The second-order valence-corrected chi connectivity index (χ2v) is 4.88. The van der Waals surface area contributed by atoms with E-state index in [0.717, 1.165) is 12.5 Å². The number of hydrogen-bond donors (Lipinski definition) is 1. The van der Waals surface area contributed by atoms with Crippen LogP contribution in [0.15, 0.2) is 0 Å². The predicted octanol–water partition coefficient (Wildman–Crippen LogP) is 2.55. The summed E-state index contributed by atoms with van der Waals surface area (Å²) in [5.74, 6) is 0.942. The number of ether oxygens (including phenoxy) is 2. The Labute approximate surface area is 99.9 Å². The number of rotatable bonds is 7. The number of nitrogens with one attached hydrogen (secondary N) is 1. The molecule has 3 nitrogen and oxygen atoms in total. The van der Waals surface area contributed by atoms with Crippen LogP contribution in [-0.2, 0) is 9.47 Å². The Morgan fingerprint density at radius 3 is 2.31 bits per heavy atom. The van der Waals surface area contributed by atoms with Crippen LogP contribution >= 0.6 is 0 Å². The molecule has 1 fully saturated rings. The molecule has 3 heteroatoms. The molecule has 1 unspecified atom stereocenters. The van der Waals surface area contributed by atoms with Gasteiger partial charge in [0.05, 0.1) is 6.04 Å². The lowest BCUT2D eigenvalue weighted by Crippen LogP contribution is -2.40. The van der Waals surface area contributed by atoms with Gasteiger partial charge in [0.25, 0.3) is 0 Å². The molecular formula is C13H27NO2. The van der Waals surface area contributed by atoms with Gasteiger partial charge in [0.1, 0.15) is 0 Å². The van der Waals surface area contributed by atoms with E-state index in [2.05, 4.69) is 12.2 Å². The zero-order chi connectivity index (χ0) is 11.8. The summed E-state index contributed by atoms with van der Waals surface area (Å²) in [4.78, 5) is 0. The summed E-state index contributed by atoms with van der Waals surface area (Å²) >= 11 is 0. The molecule has 0 heterocycles. The Bertz CT molecular complexity index is 165.